The van der Waals surface area contributed by atoms with Crippen molar-refractivity contribution in [1.29, 1.82) is 0 Å². The Morgan fingerprint density at radius 1 is 1.00 bits per heavy atom. The van der Waals surface area contributed by atoms with Crippen molar-refractivity contribution in [2.45, 2.75) is 64.8 Å². The third-order valence-electron chi connectivity index (χ3n) is 9.04. The third kappa shape index (κ3) is 9.80. The normalized spacial score (nSPS) is 20.3. The Morgan fingerprint density at radius 2 is 1.70 bits per heavy atom. The molecule has 0 unspecified atom stereocenters. The van der Waals surface area contributed by atoms with Crippen LogP contribution in [0.1, 0.15) is 56.0 Å². The summed E-state index contributed by atoms with van der Waals surface area (Å²) in [6, 6.07) is 17.3. The second-order valence-electron chi connectivity index (χ2n) is 13.2. The number of aliphatic hydroxyl groups excluding tert-OH is 1. The van der Waals surface area contributed by atoms with Crippen molar-refractivity contribution in [1.82, 2.24) is 9.80 Å². The summed E-state index contributed by atoms with van der Waals surface area (Å²) in [5.41, 5.74) is 2.41. The molecule has 4 atom stereocenters. The van der Waals surface area contributed by atoms with Crippen LogP contribution in [0.4, 0.5) is 16.2 Å². The van der Waals surface area contributed by atoms with Gasteiger partial charge in [-0.1, -0.05) is 19.1 Å². The zero-order valence-corrected chi connectivity index (χ0v) is 29.6. The van der Waals surface area contributed by atoms with Gasteiger partial charge < -0.3 is 44.3 Å². The van der Waals surface area contributed by atoms with Gasteiger partial charge in [0.25, 0.3) is 5.91 Å². The van der Waals surface area contributed by atoms with E-state index in [0.29, 0.717) is 53.9 Å². The van der Waals surface area contributed by atoms with Crippen LogP contribution in [0.3, 0.4) is 0 Å². The molecular formula is C38H50N4O8. The minimum atomic E-state index is -0.487. The van der Waals surface area contributed by atoms with Crippen molar-refractivity contribution >= 4 is 23.3 Å². The molecule has 12 heteroatoms. The molecule has 3 N–H and O–H groups in total. The van der Waals surface area contributed by atoms with Crippen LogP contribution in [-0.2, 0) is 11.3 Å². The standard InChI is InChI=1S/C38H50N4O8/c1-25-20-42(26(2)23-43)37(44)32-18-29(39-38(45)40-30-12-16-34-35(19-30)49-24-48-34)11-15-33(32)50-27(3)8-6-7-17-47-36(25)22-41(4)21-28-9-13-31(46-5)14-10-28/h9-16,18-19,25-27,36,43H,6-8,17,20-24H2,1-5H3,(H2,39,40,45)/t25-,26-,27-,36+/m0/s1. The highest BCUT2D eigenvalue weighted by Gasteiger charge is 2.30. The number of carbonyl (C=O) groups excluding carboxylic acids is 2. The fraction of sp³-hybridized carbons (Fsp3) is 0.474. The molecule has 3 aromatic carbocycles. The lowest BCUT2D eigenvalue weighted by molar-refractivity contribution is -0.0177. The maximum absolute atomic E-state index is 14.4. The number of likely N-dealkylation sites (N-methyl/N-ethyl adjacent to an activating group) is 1. The fourth-order valence-electron chi connectivity index (χ4n) is 6.15. The van der Waals surface area contributed by atoms with Crippen LogP contribution in [-0.4, -0.2) is 92.3 Å². The third-order valence-corrected chi connectivity index (χ3v) is 9.04. The maximum Gasteiger partial charge on any atom is 0.323 e. The first-order chi connectivity index (χ1) is 24.1. The zero-order valence-electron chi connectivity index (χ0n) is 29.6. The number of hydrogen-bond donors (Lipinski definition) is 3. The van der Waals surface area contributed by atoms with E-state index in [1.54, 1.807) is 48.4 Å². The Bertz CT molecular complexity index is 1590. The number of benzene rings is 3. The molecule has 0 spiro atoms. The molecule has 0 radical (unpaired) electrons. The highest BCUT2D eigenvalue weighted by atomic mass is 16.7. The van der Waals surface area contributed by atoms with Crippen LogP contribution in [0.25, 0.3) is 0 Å². The van der Waals surface area contributed by atoms with E-state index in [4.69, 9.17) is 23.7 Å². The second kappa shape index (κ2) is 17.4. The van der Waals surface area contributed by atoms with E-state index in [2.05, 4.69) is 41.6 Å². The van der Waals surface area contributed by atoms with Gasteiger partial charge in [-0.3, -0.25) is 9.69 Å². The highest BCUT2D eigenvalue weighted by Crippen LogP contribution is 2.34. The molecule has 3 amide bonds. The summed E-state index contributed by atoms with van der Waals surface area (Å²) >= 11 is 0. The topological polar surface area (TPSA) is 131 Å². The van der Waals surface area contributed by atoms with E-state index >= 15 is 0 Å². The zero-order chi connectivity index (χ0) is 35.6. The van der Waals surface area contributed by atoms with Crippen LogP contribution >= 0.6 is 0 Å². The molecule has 2 aliphatic heterocycles. The SMILES string of the molecule is COc1ccc(CN(C)C[C@H]2OCCCC[C@H](C)Oc3ccc(NC(=O)Nc4ccc5c(c4)OCO5)cc3C(=O)N([C@@H](C)CO)C[C@@H]2C)cc1. The van der Waals surface area contributed by atoms with Gasteiger partial charge in [0.1, 0.15) is 11.5 Å². The Balaban J connectivity index is 1.35. The van der Waals surface area contributed by atoms with E-state index < -0.39 is 12.1 Å². The number of fused-ring (bicyclic) bond motifs is 2. The van der Waals surface area contributed by atoms with Gasteiger partial charge in [-0.15, -0.1) is 0 Å². The van der Waals surface area contributed by atoms with Gasteiger partial charge >= 0.3 is 6.03 Å². The largest absolute Gasteiger partial charge is 0.497 e. The van der Waals surface area contributed by atoms with Gasteiger partial charge in [-0.25, -0.2) is 4.79 Å². The summed E-state index contributed by atoms with van der Waals surface area (Å²) in [5.74, 6) is 2.04. The number of hydrogen-bond acceptors (Lipinski definition) is 9. The van der Waals surface area contributed by atoms with Crippen molar-refractivity contribution in [3.63, 3.8) is 0 Å². The van der Waals surface area contributed by atoms with Gasteiger partial charge in [-0.05, 0) is 88.2 Å². The minimum absolute atomic E-state index is 0.0636. The molecule has 0 aliphatic carbocycles. The molecule has 2 aliphatic rings. The molecule has 0 fully saturated rings. The molecular weight excluding hydrogens is 640 g/mol. The maximum atomic E-state index is 14.4. The molecule has 50 heavy (non-hydrogen) atoms. The van der Waals surface area contributed by atoms with Crippen LogP contribution < -0.4 is 29.6 Å². The first-order valence-electron chi connectivity index (χ1n) is 17.3. The van der Waals surface area contributed by atoms with Gasteiger partial charge in [0, 0.05) is 49.6 Å². The number of amides is 3. The number of methoxy groups -OCH3 is 1. The summed E-state index contributed by atoms with van der Waals surface area (Å²) in [4.78, 5) is 31.4. The average molecular weight is 691 g/mol. The molecule has 12 nitrogen and oxygen atoms in total. The average Bonchev–Trinajstić information content (AvgIpc) is 3.58. The van der Waals surface area contributed by atoms with Crippen LogP contribution in [0.5, 0.6) is 23.0 Å². The summed E-state index contributed by atoms with van der Waals surface area (Å²) in [7, 11) is 3.72. The summed E-state index contributed by atoms with van der Waals surface area (Å²) in [6.07, 6.45) is 2.24. The molecule has 0 saturated carbocycles. The smallest absolute Gasteiger partial charge is 0.323 e. The van der Waals surface area contributed by atoms with E-state index in [1.165, 1.54) is 0 Å². The van der Waals surface area contributed by atoms with Crippen molar-refractivity contribution < 1.29 is 38.4 Å². The lowest BCUT2D eigenvalue weighted by Crippen LogP contribution is -2.47. The molecule has 5 rings (SSSR count). The Morgan fingerprint density at radius 3 is 2.42 bits per heavy atom. The number of anilines is 2. The summed E-state index contributed by atoms with van der Waals surface area (Å²) in [5, 5.41) is 15.9. The fourth-order valence-corrected chi connectivity index (χ4v) is 6.15. The lowest BCUT2D eigenvalue weighted by atomic mass is 10.0. The van der Waals surface area contributed by atoms with E-state index in [0.717, 1.165) is 37.1 Å². The Labute approximate surface area is 294 Å². The van der Waals surface area contributed by atoms with E-state index in [-0.39, 0.29) is 37.4 Å². The number of nitrogens with one attached hydrogen (secondary N) is 2. The van der Waals surface area contributed by atoms with Crippen molar-refractivity contribution in [2.24, 2.45) is 5.92 Å². The van der Waals surface area contributed by atoms with Gasteiger partial charge in [0.05, 0.1) is 37.5 Å². The molecule has 270 valence electrons. The first kappa shape index (κ1) is 36.8. The molecule has 0 saturated heterocycles. The predicted octanol–water partition coefficient (Wildman–Crippen LogP) is 6.00. The van der Waals surface area contributed by atoms with Gasteiger partial charge in [-0.2, -0.15) is 0 Å². The van der Waals surface area contributed by atoms with Gasteiger partial charge in [0.15, 0.2) is 11.5 Å². The number of aliphatic hydroxyl groups is 1. The number of ether oxygens (including phenoxy) is 5. The Hall–Kier alpha value is -4.52. The summed E-state index contributed by atoms with van der Waals surface area (Å²) < 4.78 is 28.9. The van der Waals surface area contributed by atoms with E-state index in [9.17, 15) is 14.7 Å². The minimum Gasteiger partial charge on any atom is -0.497 e. The van der Waals surface area contributed by atoms with Crippen LogP contribution in [0.2, 0.25) is 0 Å². The second-order valence-corrected chi connectivity index (χ2v) is 13.2. The quantitative estimate of drug-likeness (QED) is 0.248. The van der Waals surface area contributed by atoms with E-state index in [1.807, 2.05) is 26.0 Å². The molecule has 2 heterocycles. The monoisotopic (exact) mass is 690 g/mol. The number of urea groups is 1. The van der Waals surface area contributed by atoms with Crippen LogP contribution in [0, 0.1) is 5.92 Å². The summed E-state index contributed by atoms with van der Waals surface area (Å²) in [6.45, 7) is 8.14. The first-order valence-corrected chi connectivity index (χ1v) is 17.3. The predicted molar refractivity (Wildman–Crippen MR) is 191 cm³/mol. The van der Waals surface area contributed by atoms with Crippen molar-refractivity contribution in [3.05, 3.63) is 71.8 Å². The molecule has 0 bridgehead atoms. The Kier molecular flexibility index (Phi) is 12.8. The lowest BCUT2D eigenvalue weighted by Gasteiger charge is -2.36. The molecule has 0 aromatic heterocycles. The highest BCUT2D eigenvalue weighted by molar-refractivity contribution is 6.02. The number of nitrogens with zero attached hydrogens (tertiary/aromatic N) is 2. The van der Waals surface area contributed by atoms with Crippen molar-refractivity contribution in [2.75, 3.05) is 57.9 Å². The number of carbonyl (C=O) groups is 2. The van der Waals surface area contributed by atoms with Crippen LogP contribution in [0.15, 0.2) is 60.7 Å². The van der Waals surface area contributed by atoms with Crippen molar-refractivity contribution in [3.8, 4) is 23.0 Å². The molecule has 3 aromatic rings. The van der Waals surface area contributed by atoms with Gasteiger partial charge in [0.2, 0.25) is 6.79 Å². The number of rotatable bonds is 9.